The van der Waals surface area contributed by atoms with Gasteiger partial charge in [-0.2, -0.15) is 5.26 Å². The van der Waals surface area contributed by atoms with Gasteiger partial charge in [-0.1, -0.05) is 30.3 Å². The lowest BCUT2D eigenvalue weighted by atomic mass is 10.1. The fraction of sp³-hybridized carbons (Fsp3) is 0.300. The van der Waals surface area contributed by atoms with Crippen LogP contribution < -0.4 is 5.32 Å². The van der Waals surface area contributed by atoms with Crippen molar-refractivity contribution in [1.29, 1.82) is 5.26 Å². The molecule has 1 aromatic carbocycles. The van der Waals surface area contributed by atoms with E-state index in [-0.39, 0.29) is 6.04 Å². The quantitative estimate of drug-likeness (QED) is 0.685. The van der Waals surface area contributed by atoms with E-state index in [4.69, 9.17) is 5.26 Å². The molecule has 0 spiro atoms. The minimum Gasteiger partial charge on any atom is -0.298 e. The van der Waals surface area contributed by atoms with Crippen LogP contribution in [0, 0.1) is 11.3 Å². The van der Waals surface area contributed by atoms with Crippen molar-refractivity contribution in [2.24, 2.45) is 0 Å². The van der Waals surface area contributed by atoms with Gasteiger partial charge < -0.3 is 0 Å². The Bertz CT molecular complexity index is 261. The third-order valence-electron chi connectivity index (χ3n) is 1.79. The monoisotopic (exact) mass is 160 g/mol. The van der Waals surface area contributed by atoms with Crippen molar-refractivity contribution in [1.82, 2.24) is 5.32 Å². The standard InChI is InChI=1S/C10H12N2/c1-9(12-8-7-11)10-5-3-2-4-6-10/h2-6,9,12H,8H2,1H3. The Kier molecular flexibility index (Phi) is 3.31. The number of nitrogens with zero attached hydrogens (tertiary/aromatic N) is 1. The van der Waals surface area contributed by atoms with E-state index in [0.717, 1.165) is 0 Å². The highest BCUT2D eigenvalue weighted by Gasteiger charge is 2.01. The van der Waals surface area contributed by atoms with E-state index in [0.29, 0.717) is 6.54 Å². The molecule has 1 unspecified atom stereocenters. The highest BCUT2D eigenvalue weighted by atomic mass is 14.9. The summed E-state index contributed by atoms with van der Waals surface area (Å²) in [5.74, 6) is 0. The first-order chi connectivity index (χ1) is 5.84. The summed E-state index contributed by atoms with van der Waals surface area (Å²) in [6, 6.07) is 12.4. The first kappa shape index (κ1) is 8.76. The SMILES string of the molecule is CC(NCC#N)c1ccccc1. The second-order valence-corrected chi connectivity index (χ2v) is 2.67. The van der Waals surface area contributed by atoms with Gasteiger partial charge in [0, 0.05) is 6.04 Å². The number of benzene rings is 1. The summed E-state index contributed by atoms with van der Waals surface area (Å²) >= 11 is 0. The van der Waals surface area contributed by atoms with Gasteiger partial charge in [-0.05, 0) is 12.5 Å². The molecule has 1 atom stereocenters. The summed E-state index contributed by atoms with van der Waals surface area (Å²) in [6.45, 7) is 2.45. The topological polar surface area (TPSA) is 35.8 Å². The molecule has 0 radical (unpaired) electrons. The van der Waals surface area contributed by atoms with Crippen molar-refractivity contribution < 1.29 is 0 Å². The first-order valence-corrected chi connectivity index (χ1v) is 4.00. The molecule has 1 aromatic rings. The molecule has 0 aliphatic carbocycles. The van der Waals surface area contributed by atoms with Crippen LogP contribution in [0.15, 0.2) is 30.3 Å². The number of hydrogen-bond acceptors (Lipinski definition) is 2. The predicted octanol–water partition coefficient (Wildman–Crippen LogP) is 1.86. The van der Waals surface area contributed by atoms with E-state index in [1.807, 2.05) is 25.1 Å². The Morgan fingerprint density at radius 3 is 2.67 bits per heavy atom. The number of rotatable bonds is 3. The van der Waals surface area contributed by atoms with Crippen LogP contribution in [0.4, 0.5) is 0 Å². The van der Waals surface area contributed by atoms with Gasteiger partial charge >= 0.3 is 0 Å². The van der Waals surface area contributed by atoms with Gasteiger partial charge in [-0.15, -0.1) is 0 Å². The van der Waals surface area contributed by atoms with E-state index in [1.54, 1.807) is 0 Å². The Balaban J connectivity index is 2.55. The highest BCUT2D eigenvalue weighted by Crippen LogP contribution is 2.09. The Morgan fingerprint density at radius 2 is 2.08 bits per heavy atom. The summed E-state index contributed by atoms with van der Waals surface area (Å²) < 4.78 is 0. The summed E-state index contributed by atoms with van der Waals surface area (Å²) in [7, 11) is 0. The molecule has 0 bridgehead atoms. The molecule has 0 saturated heterocycles. The number of nitriles is 1. The molecular weight excluding hydrogens is 148 g/mol. The van der Waals surface area contributed by atoms with E-state index in [1.165, 1.54) is 5.56 Å². The lowest BCUT2D eigenvalue weighted by molar-refractivity contribution is 0.621. The van der Waals surface area contributed by atoms with Crippen LogP contribution >= 0.6 is 0 Å². The molecule has 0 fully saturated rings. The second-order valence-electron chi connectivity index (χ2n) is 2.67. The van der Waals surface area contributed by atoms with Gasteiger partial charge in [0.15, 0.2) is 0 Å². The molecule has 0 amide bonds. The van der Waals surface area contributed by atoms with Crippen molar-refractivity contribution in [3.8, 4) is 6.07 Å². The number of hydrogen-bond donors (Lipinski definition) is 1. The van der Waals surface area contributed by atoms with E-state index in [2.05, 4.69) is 23.5 Å². The zero-order valence-corrected chi connectivity index (χ0v) is 7.12. The number of nitrogens with one attached hydrogen (secondary N) is 1. The molecule has 2 nitrogen and oxygen atoms in total. The Morgan fingerprint density at radius 1 is 1.42 bits per heavy atom. The van der Waals surface area contributed by atoms with Gasteiger partial charge in [0.05, 0.1) is 12.6 Å². The molecule has 1 rings (SSSR count). The Labute approximate surface area is 72.8 Å². The normalized spacial score (nSPS) is 12.0. The van der Waals surface area contributed by atoms with Crippen LogP contribution in [-0.2, 0) is 0 Å². The molecular formula is C10H12N2. The molecule has 0 saturated carbocycles. The molecule has 12 heavy (non-hydrogen) atoms. The molecule has 1 N–H and O–H groups in total. The van der Waals surface area contributed by atoms with E-state index in [9.17, 15) is 0 Å². The summed E-state index contributed by atoms with van der Waals surface area (Å²) in [6.07, 6.45) is 0. The maximum atomic E-state index is 8.35. The van der Waals surface area contributed by atoms with Crippen molar-refractivity contribution >= 4 is 0 Å². The van der Waals surface area contributed by atoms with Crippen LogP contribution in [0.2, 0.25) is 0 Å². The van der Waals surface area contributed by atoms with Gasteiger partial charge in [0.25, 0.3) is 0 Å². The van der Waals surface area contributed by atoms with Gasteiger partial charge in [-0.3, -0.25) is 5.32 Å². The highest BCUT2D eigenvalue weighted by molar-refractivity contribution is 5.18. The Hall–Kier alpha value is -1.33. The van der Waals surface area contributed by atoms with Gasteiger partial charge in [0.2, 0.25) is 0 Å². The van der Waals surface area contributed by atoms with E-state index >= 15 is 0 Å². The predicted molar refractivity (Wildman–Crippen MR) is 48.5 cm³/mol. The van der Waals surface area contributed by atoms with E-state index < -0.39 is 0 Å². The van der Waals surface area contributed by atoms with Crippen molar-refractivity contribution in [2.45, 2.75) is 13.0 Å². The van der Waals surface area contributed by atoms with Crippen LogP contribution in [0.25, 0.3) is 0 Å². The summed E-state index contributed by atoms with van der Waals surface area (Å²) in [4.78, 5) is 0. The third-order valence-corrected chi connectivity index (χ3v) is 1.79. The lowest BCUT2D eigenvalue weighted by Crippen LogP contribution is -2.18. The minimum absolute atomic E-state index is 0.255. The second kappa shape index (κ2) is 4.53. The fourth-order valence-corrected chi connectivity index (χ4v) is 1.06. The molecule has 2 heteroatoms. The average Bonchev–Trinajstić information content (AvgIpc) is 2.15. The van der Waals surface area contributed by atoms with Gasteiger partial charge in [0.1, 0.15) is 0 Å². The lowest BCUT2D eigenvalue weighted by Gasteiger charge is -2.10. The maximum Gasteiger partial charge on any atom is 0.0845 e. The molecule has 62 valence electrons. The van der Waals surface area contributed by atoms with Crippen LogP contribution in [0.3, 0.4) is 0 Å². The zero-order valence-electron chi connectivity index (χ0n) is 7.12. The molecule has 0 aliphatic heterocycles. The molecule has 0 aromatic heterocycles. The summed E-state index contributed by atoms with van der Waals surface area (Å²) in [5.41, 5.74) is 1.22. The van der Waals surface area contributed by atoms with Crippen LogP contribution in [0.5, 0.6) is 0 Å². The average molecular weight is 160 g/mol. The van der Waals surface area contributed by atoms with Crippen molar-refractivity contribution in [3.63, 3.8) is 0 Å². The van der Waals surface area contributed by atoms with Crippen LogP contribution in [-0.4, -0.2) is 6.54 Å². The van der Waals surface area contributed by atoms with Gasteiger partial charge in [-0.25, -0.2) is 0 Å². The molecule has 0 heterocycles. The van der Waals surface area contributed by atoms with Crippen LogP contribution in [0.1, 0.15) is 18.5 Å². The molecule has 0 aliphatic rings. The third kappa shape index (κ3) is 2.37. The van der Waals surface area contributed by atoms with Crippen molar-refractivity contribution in [2.75, 3.05) is 6.54 Å². The maximum absolute atomic E-state index is 8.35. The smallest absolute Gasteiger partial charge is 0.0845 e. The zero-order chi connectivity index (χ0) is 8.81. The minimum atomic E-state index is 0.255. The fourth-order valence-electron chi connectivity index (χ4n) is 1.06. The largest absolute Gasteiger partial charge is 0.298 e. The first-order valence-electron chi connectivity index (χ1n) is 4.00. The van der Waals surface area contributed by atoms with Crippen molar-refractivity contribution in [3.05, 3.63) is 35.9 Å². The summed E-state index contributed by atoms with van der Waals surface area (Å²) in [5, 5.41) is 11.4.